The van der Waals surface area contributed by atoms with Crippen LogP contribution < -0.4 is 5.32 Å². The van der Waals surface area contributed by atoms with Crippen molar-refractivity contribution < 1.29 is 24.0 Å². The molecule has 0 aliphatic rings. The molecule has 0 atom stereocenters. The summed E-state index contributed by atoms with van der Waals surface area (Å²) in [6.07, 6.45) is 19.7. The Kier molecular flexibility index (Phi) is 17.6. The molecule has 8 heteroatoms. The van der Waals surface area contributed by atoms with Crippen molar-refractivity contribution in [2.75, 3.05) is 13.2 Å². The van der Waals surface area contributed by atoms with Gasteiger partial charge in [-0.2, -0.15) is 0 Å². The van der Waals surface area contributed by atoms with Gasteiger partial charge < -0.3 is 14.8 Å². The number of esters is 1. The normalized spacial score (nSPS) is 10.9. The van der Waals surface area contributed by atoms with Crippen LogP contribution in [0.15, 0.2) is 30.4 Å². The van der Waals surface area contributed by atoms with Gasteiger partial charge in [0.2, 0.25) is 0 Å². The molecule has 0 saturated carbocycles. The van der Waals surface area contributed by atoms with Gasteiger partial charge >= 0.3 is 12.1 Å². The Labute approximate surface area is 216 Å². The lowest BCUT2D eigenvalue weighted by Crippen LogP contribution is -2.25. The highest BCUT2D eigenvalue weighted by Crippen LogP contribution is 2.21. The van der Waals surface area contributed by atoms with Gasteiger partial charge in [-0.25, -0.2) is 9.59 Å². The van der Waals surface area contributed by atoms with E-state index < -0.39 is 17.0 Å². The number of hydrogen-bond acceptors (Lipinski definition) is 6. The smallest absolute Gasteiger partial charge is 0.407 e. The number of ether oxygens (including phenoxy) is 2. The summed E-state index contributed by atoms with van der Waals surface area (Å²) in [5, 5.41) is 13.9. The second kappa shape index (κ2) is 20.3. The van der Waals surface area contributed by atoms with Crippen LogP contribution in [0.2, 0.25) is 0 Å². The number of allylic oxidation sites excluding steroid dienone is 2. The summed E-state index contributed by atoms with van der Waals surface area (Å²) >= 11 is 0. The largest absolute Gasteiger partial charge is 0.462 e. The van der Waals surface area contributed by atoms with Gasteiger partial charge in [0.1, 0.15) is 6.61 Å². The second-order valence-electron chi connectivity index (χ2n) is 8.91. The van der Waals surface area contributed by atoms with E-state index >= 15 is 0 Å². The van der Waals surface area contributed by atoms with E-state index in [-0.39, 0.29) is 30.0 Å². The molecule has 0 heterocycles. The predicted molar refractivity (Wildman–Crippen MR) is 142 cm³/mol. The molecule has 0 aliphatic heterocycles. The van der Waals surface area contributed by atoms with Gasteiger partial charge in [-0.1, -0.05) is 70.4 Å². The van der Waals surface area contributed by atoms with Crippen molar-refractivity contribution in [3.63, 3.8) is 0 Å². The zero-order valence-corrected chi connectivity index (χ0v) is 22.1. The molecule has 1 N–H and O–H groups in total. The summed E-state index contributed by atoms with van der Waals surface area (Å²) in [7, 11) is 0. The van der Waals surface area contributed by atoms with E-state index in [9.17, 15) is 19.7 Å². The maximum absolute atomic E-state index is 12.0. The van der Waals surface area contributed by atoms with Crippen LogP contribution in [-0.2, 0) is 16.1 Å². The number of rotatable bonds is 20. The van der Waals surface area contributed by atoms with Crippen molar-refractivity contribution >= 4 is 17.7 Å². The number of carbonyl (C=O) groups is 2. The van der Waals surface area contributed by atoms with E-state index in [0.717, 1.165) is 25.7 Å². The van der Waals surface area contributed by atoms with Gasteiger partial charge in [0.25, 0.3) is 5.69 Å². The van der Waals surface area contributed by atoms with E-state index in [1.54, 1.807) is 6.92 Å². The van der Waals surface area contributed by atoms with Gasteiger partial charge in [0, 0.05) is 12.6 Å². The third-order valence-electron chi connectivity index (χ3n) is 5.85. The first-order valence-electron chi connectivity index (χ1n) is 13.5. The Morgan fingerprint density at radius 2 is 1.50 bits per heavy atom. The van der Waals surface area contributed by atoms with Gasteiger partial charge in [-0.3, -0.25) is 10.1 Å². The Bertz CT molecular complexity index is 809. The number of nitrogens with zero attached hydrogens (tertiary/aromatic N) is 1. The molecule has 1 aromatic carbocycles. The number of hydrogen-bond donors (Lipinski definition) is 1. The van der Waals surface area contributed by atoms with Crippen LogP contribution in [0.4, 0.5) is 10.5 Å². The Morgan fingerprint density at radius 3 is 2.11 bits per heavy atom. The number of unbranched alkanes of at least 4 members (excludes halogenated alkanes) is 11. The summed E-state index contributed by atoms with van der Waals surface area (Å²) in [6.45, 7) is 4.30. The van der Waals surface area contributed by atoms with Crippen molar-refractivity contribution in [1.82, 2.24) is 5.32 Å². The summed E-state index contributed by atoms with van der Waals surface area (Å²) in [5.74, 6) is -0.581. The van der Waals surface area contributed by atoms with Crippen molar-refractivity contribution in [3.8, 4) is 0 Å². The predicted octanol–water partition coefficient (Wildman–Crippen LogP) is 7.65. The summed E-state index contributed by atoms with van der Waals surface area (Å²) < 4.78 is 10.0. The zero-order chi connectivity index (χ0) is 26.4. The van der Waals surface area contributed by atoms with E-state index in [1.807, 2.05) is 0 Å². The molecular formula is C28H44N2O6. The fraction of sp³-hybridized carbons (Fsp3) is 0.643. The van der Waals surface area contributed by atoms with E-state index in [1.165, 1.54) is 76.0 Å². The van der Waals surface area contributed by atoms with Crippen molar-refractivity contribution in [1.29, 1.82) is 0 Å². The average molecular weight is 505 g/mol. The first-order valence-corrected chi connectivity index (χ1v) is 13.5. The molecule has 0 spiro atoms. The van der Waals surface area contributed by atoms with Crippen LogP contribution in [0, 0.1) is 10.1 Å². The molecule has 0 aromatic heterocycles. The number of carbonyl (C=O) groups excluding carboxylic acids is 2. The number of nitro benzene ring substituents is 1. The van der Waals surface area contributed by atoms with Gasteiger partial charge in [0.05, 0.1) is 22.7 Å². The molecule has 202 valence electrons. The van der Waals surface area contributed by atoms with Gasteiger partial charge in [-0.15, -0.1) is 0 Å². The van der Waals surface area contributed by atoms with E-state index in [0.29, 0.717) is 6.54 Å². The second-order valence-corrected chi connectivity index (χ2v) is 8.91. The number of nitro groups is 1. The van der Waals surface area contributed by atoms with E-state index in [2.05, 4.69) is 24.4 Å². The minimum Gasteiger partial charge on any atom is -0.462 e. The summed E-state index contributed by atoms with van der Waals surface area (Å²) in [5.41, 5.74) is 0.101. The van der Waals surface area contributed by atoms with Crippen LogP contribution in [0.3, 0.4) is 0 Å². The first-order chi connectivity index (χ1) is 17.5. The molecule has 36 heavy (non-hydrogen) atoms. The van der Waals surface area contributed by atoms with Gasteiger partial charge in [0.15, 0.2) is 0 Å². The average Bonchev–Trinajstić information content (AvgIpc) is 2.87. The molecular weight excluding hydrogens is 460 g/mol. The lowest BCUT2D eigenvalue weighted by atomic mass is 10.1. The Hall–Kier alpha value is -2.90. The number of alkyl carbamates (subject to hydrolysis) is 1. The van der Waals surface area contributed by atoms with Gasteiger partial charge in [-0.05, 0) is 51.2 Å². The fourth-order valence-electron chi connectivity index (χ4n) is 3.80. The monoisotopic (exact) mass is 504 g/mol. The SMILES string of the molecule is CCCCCCCC/C=C\CCCCCCCNC(=O)OCc1cc(C(=O)OCC)ccc1[N+](=O)[O-]. The lowest BCUT2D eigenvalue weighted by molar-refractivity contribution is -0.385. The van der Waals surface area contributed by atoms with Crippen molar-refractivity contribution in [3.05, 3.63) is 51.6 Å². The first kappa shape index (κ1) is 31.1. The van der Waals surface area contributed by atoms with Crippen LogP contribution >= 0.6 is 0 Å². The maximum Gasteiger partial charge on any atom is 0.407 e. The Balaban J connectivity index is 2.13. The zero-order valence-electron chi connectivity index (χ0n) is 22.1. The highest BCUT2D eigenvalue weighted by Gasteiger charge is 2.18. The minimum absolute atomic E-state index is 0.140. The third kappa shape index (κ3) is 14.5. The van der Waals surface area contributed by atoms with Crippen LogP contribution in [0.1, 0.15) is 113 Å². The molecule has 0 unspecified atom stereocenters. The van der Waals surface area contributed by atoms with Crippen molar-refractivity contribution in [2.45, 2.75) is 104 Å². The minimum atomic E-state index is -0.638. The molecule has 0 fully saturated rings. The molecule has 0 aliphatic carbocycles. The highest BCUT2D eigenvalue weighted by molar-refractivity contribution is 5.90. The molecule has 1 rings (SSSR count). The molecule has 1 aromatic rings. The summed E-state index contributed by atoms with van der Waals surface area (Å²) in [4.78, 5) is 34.5. The molecule has 8 nitrogen and oxygen atoms in total. The topological polar surface area (TPSA) is 108 Å². The quantitative estimate of drug-likeness (QED) is 0.0642. The number of benzene rings is 1. The highest BCUT2D eigenvalue weighted by atomic mass is 16.6. The van der Waals surface area contributed by atoms with Crippen LogP contribution in [0.25, 0.3) is 0 Å². The maximum atomic E-state index is 12.0. The number of amides is 1. The fourth-order valence-corrected chi connectivity index (χ4v) is 3.80. The molecule has 0 saturated heterocycles. The standard InChI is InChI=1S/C28H44N2O6/c1-3-5-6-7-8-9-10-11-12-13-14-15-16-17-18-21-29-28(32)36-23-25-22-24(27(31)35-4-2)19-20-26(25)30(33)34/h11-12,19-20,22H,3-10,13-18,21,23H2,1-2H3,(H,29,32)/b12-11-. The number of nitrogens with one attached hydrogen (secondary N) is 1. The Morgan fingerprint density at radius 1 is 0.889 bits per heavy atom. The lowest BCUT2D eigenvalue weighted by Gasteiger charge is -2.09. The molecule has 0 radical (unpaired) electrons. The van der Waals surface area contributed by atoms with Crippen LogP contribution in [0.5, 0.6) is 0 Å². The third-order valence-corrected chi connectivity index (χ3v) is 5.85. The summed E-state index contributed by atoms with van der Waals surface area (Å²) in [6, 6.07) is 3.87. The van der Waals surface area contributed by atoms with Crippen LogP contribution in [-0.4, -0.2) is 30.1 Å². The molecule has 1 amide bonds. The van der Waals surface area contributed by atoms with Crippen molar-refractivity contribution in [2.24, 2.45) is 0 Å². The molecule has 0 bridgehead atoms. The van der Waals surface area contributed by atoms with E-state index in [4.69, 9.17) is 9.47 Å².